The Bertz CT molecular complexity index is 522. The summed E-state index contributed by atoms with van der Waals surface area (Å²) in [6.45, 7) is 6.61. The Morgan fingerprint density at radius 2 is 1.72 bits per heavy atom. The number of amides is 1. The van der Waals surface area contributed by atoms with Crippen molar-refractivity contribution in [1.82, 2.24) is 5.32 Å². The van der Waals surface area contributed by atoms with E-state index in [1.807, 2.05) is 13.8 Å². The van der Waals surface area contributed by atoms with Gasteiger partial charge in [0, 0.05) is 13.0 Å². The number of carbonyl (C=O) groups is 2. The summed E-state index contributed by atoms with van der Waals surface area (Å²) in [5.74, 6) is -0.742. The van der Waals surface area contributed by atoms with Crippen molar-refractivity contribution >= 4 is 11.9 Å². The molecule has 0 unspecified atom stereocenters. The van der Waals surface area contributed by atoms with E-state index in [2.05, 4.69) is 36.5 Å². The predicted octanol–water partition coefficient (Wildman–Crippen LogP) is 4.35. The first-order valence-electron chi connectivity index (χ1n) is 9.45. The van der Waals surface area contributed by atoms with Gasteiger partial charge in [0.2, 0.25) is 5.91 Å². The van der Waals surface area contributed by atoms with Crippen LogP contribution in [0.5, 0.6) is 0 Å². The number of carboxylic acids is 1. The third-order valence-corrected chi connectivity index (χ3v) is 4.63. The first kappa shape index (κ1) is 21.2. The van der Waals surface area contributed by atoms with E-state index in [0.717, 1.165) is 32.1 Å². The van der Waals surface area contributed by atoms with E-state index in [0.29, 0.717) is 19.4 Å². The first-order chi connectivity index (χ1) is 11.9. The lowest BCUT2D eigenvalue weighted by molar-refractivity contribution is -0.143. The van der Waals surface area contributed by atoms with Gasteiger partial charge < -0.3 is 10.4 Å². The highest BCUT2D eigenvalue weighted by molar-refractivity contribution is 5.75. The van der Waals surface area contributed by atoms with Crippen LogP contribution < -0.4 is 5.32 Å². The molecule has 140 valence electrons. The fourth-order valence-corrected chi connectivity index (χ4v) is 2.92. The Hall–Kier alpha value is -1.84. The van der Waals surface area contributed by atoms with Crippen LogP contribution in [-0.2, 0) is 16.0 Å². The quantitative estimate of drug-likeness (QED) is 0.552. The zero-order valence-electron chi connectivity index (χ0n) is 15.9. The molecule has 0 aliphatic rings. The smallest absolute Gasteiger partial charge is 0.306 e. The number of hydrogen-bond acceptors (Lipinski definition) is 2. The van der Waals surface area contributed by atoms with E-state index in [1.165, 1.54) is 11.1 Å². The van der Waals surface area contributed by atoms with E-state index in [1.54, 1.807) is 0 Å². The zero-order valence-corrected chi connectivity index (χ0v) is 15.9. The Morgan fingerprint density at radius 3 is 2.32 bits per heavy atom. The molecule has 0 radical (unpaired) electrons. The summed E-state index contributed by atoms with van der Waals surface area (Å²) in [6.07, 6.45) is 5.85. The molecule has 1 aromatic rings. The second kappa shape index (κ2) is 11.7. The highest BCUT2D eigenvalue weighted by Gasteiger charge is 2.20. The van der Waals surface area contributed by atoms with Gasteiger partial charge in [0.1, 0.15) is 0 Å². The molecule has 1 amide bonds. The normalized spacial score (nSPS) is 12.2. The van der Waals surface area contributed by atoms with Gasteiger partial charge in [0.15, 0.2) is 0 Å². The maximum atomic E-state index is 11.8. The SMILES string of the molecule is Cc1ccc(CCCCC(=O)NCCCC[C@@H](C(=O)O)C(C)C)cc1. The molecule has 0 saturated heterocycles. The molecule has 0 spiro atoms. The van der Waals surface area contributed by atoms with Gasteiger partial charge in [-0.25, -0.2) is 0 Å². The maximum Gasteiger partial charge on any atom is 0.306 e. The van der Waals surface area contributed by atoms with Gasteiger partial charge in [-0.15, -0.1) is 0 Å². The van der Waals surface area contributed by atoms with E-state index in [-0.39, 0.29) is 17.7 Å². The average Bonchev–Trinajstić information content (AvgIpc) is 2.55. The van der Waals surface area contributed by atoms with Gasteiger partial charge in [-0.05, 0) is 50.5 Å². The number of rotatable bonds is 12. The van der Waals surface area contributed by atoms with Crippen molar-refractivity contribution in [3.63, 3.8) is 0 Å². The first-order valence-corrected chi connectivity index (χ1v) is 9.45. The number of nitrogens with one attached hydrogen (secondary N) is 1. The van der Waals surface area contributed by atoms with Gasteiger partial charge >= 0.3 is 5.97 Å². The topological polar surface area (TPSA) is 66.4 Å². The molecule has 0 aromatic heterocycles. The van der Waals surface area contributed by atoms with Crippen LogP contribution in [0.15, 0.2) is 24.3 Å². The maximum absolute atomic E-state index is 11.8. The molecule has 1 atom stereocenters. The van der Waals surface area contributed by atoms with Gasteiger partial charge in [-0.2, -0.15) is 0 Å². The Kier molecular flexibility index (Phi) is 9.90. The van der Waals surface area contributed by atoms with Crippen molar-refractivity contribution in [3.05, 3.63) is 35.4 Å². The largest absolute Gasteiger partial charge is 0.481 e. The van der Waals surface area contributed by atoms with Gasteiger partial charge in [0.25, 0.3) is 0 Å². The Labute approximate surface area is 152 Å². The lowest BCUT2D eigenvalue weighted by Gasteiger charge is -2.15. The van der Waals surface area contributed by atoms with E-state index >= 15 is 0 Å². The van der Waals surface area contributed by atoms with Gasteiger partial charge in [-0.1, -0.05) is 50.1 Å². The molecule has 25 heavy (non-hydrogen) atoms. The van der Waals surface area contributed by atoms with Crippen LogP contribution in [0.4, 0.5) is 0 Å². The Morgan fingerprint density at radius 1 is 1.04 bits per heavy atom. The minimum Gasteiger partial charge on any atom is -0.481 e. The highest BCUT2D eigenvalue weighted by atomic mass is 16.4. The van der Waals surface area contributed by atoms with Crippen molar-refractivity contribution in [3.8, 4) is 0 Å². The summed E-state index contributed by atoms with van der Waals surface area (Å²) in [6, 6.07) is 8.54. The van der Waals surface area contributed by atoms with Gasteiger partial charge in [0.05, 0.1) is 5.92 Å². The number of aliphatic carboxylic acids is 1. The minimum atomic E-state index is -0.715. The number of aryl methyl sites for hydroxylation is 2. The van der Waals surface area contributed by atoms with Crippen LogP contribution in [0, 0.1) is 18.8 Å². The lowest BCUT2D eigenvalue weighted by atomic mass is 9.91. The van der Waals surface area contributed by atoms with Crippen LogP contribution in [0.3, 0.4) is 0 Å². The molecule has 2 N–H and O–H groups in total. The molecule has 1 aromatic carbocycles. The molecular weight excluding hydrogens is 314 g/mol. The minimum absolute atomic E-state index is 0.0996. The number of hydrogen-bond donors (Lipinski definition) is 2. The average molecular weight is 347 g/mol. The van der Waals surface area contributed by atoms with Crippen LogP contribution in [-0.4, -0.2) is 23.5 Å². The van der Waals surface area contributed by atoms with E-state index in [9.17, 15) is 9.59 Å². The van der Waals surface area contributed by atoms with Crippen molar-refractivity contribution in [2.24, 2.45) is 11.8 Å². The summed E-state index contributed by atoms with van der Waals surface area (Å²) in [5, 5.41) is 12.1. The van der Waals surface area contributed by atoms with Crippen molar-refractivity contribution in [2.75, 3.05) is 6.54 Å². The van der Waals surface area contributed by atoms with Crippen molar-refractivity contribution < 1.29 is 14.7 Å². The molecule has 0 heterocycles. The molecular formula is C21H33NO3. The summed E-state index contributed by atoms with van der Waals surface area (Å²) in [5.41, 5.74) is 2.59. The molecule has 0 aliphatic carbocycles. The summed E-state index contributed by atoms with van der Waals surface area (Å²) in [7, 11) is 0. The molecule has 0 bridgehead atoms. The predicted molar refractivity (Wildman–Crippen MR) is 102 cm³/mol. The van der Waals surface area contributed by atoms with Crippen LogP contribution >= 0.6 is 0 Å². The molecule has 4 nitrogen and oxygen atoms in total. The highest BCUT2D eigenvalue weighted by Crippen LogP contribution is 2.18. The van der Waals surface area contributed by atoms with Crippen molar-refractivity contribution in [1.29, 1.82) is 0 Å². The monoisotopic (exact) mass is 347 g/mol. The van der Waals surface area contributed by atoms with Crippen LogP contribution in [0.1, 0.15) is 63.5 Å². The molecule has 4 heteroatoms. The second-order valence-electron chi connectivity index (χ2n) is 7.23. The second-order valence-corrected chi connectivity index (χ2v) is 7.23. The Balaban J connectivity index is 2.05. The van der Waals surface area contributed by atoms with Crippen LogP contribution in [0.2, 0.25) is 0 Å². The summed E-state index contributed by atoms with van der Waals surface area (Å²) >= 11 is 0. The van der Waals surface area contributed by atoms with E-state index in [4.69, 9.17) is 5.11 Å². The lowest BCUT2D eigenvalue weighted by Crippen LogP contribution is -2.24. The third kappa shape index (κ3) is 9.28. The fraction of sp³-hybridized carbons (Fsp3) is 0.619. The summed E-state index contributed by atoms with van der Waals surface area (Å²) < 4.78 is 0. The summed E-state index contributed by atoms with van der Waals surface area (Å²) in [4.78, 5) is 22.9. The molecule has 0 aliphatic heterocycles. The fourth-order valence-electron chi connectivity index (χ4n) is 2.92. The van der Waals surface area contributed by atoms with Crippen LogP contribution in [0.25, 0.3) is 0 Å². The molecule has 0 saturated carbocycles. The van der Waals surface area contributed by atoms with E-state index < -0.39 is 5.97 Å². The molecule has 0 fully saturated rings. The van der Waals surface area contributed by atoms with Gasteiger partial charge in [-0.3, -0.25) is 9.59 Å². The number of carboxylic acid groups (broad SMARTS) is 1. The standard InChI is InChI=1S/C21H33NO3/c1-16(2)19(21(24)25)9-6-7-15-22-20(23)10-5-4-8-18-13-11-17(3)12-14-18/h11-14,16,19H,4-10,15H2,1-3H3,(H,22,23)(H,24,25)/t19-/m1/s1. The number of benzene rings is 1. The zero-order chi connectivity index (χ0) is 18.7. The third-order valence-electron chi connectivity index (χ3n) is 4.63. The number of carbonyl (C=O) groups excluding carboxylic acids is 1. The van der Waals surface area contributed by atoms with Crippen molar-refractivity contribution in [2.45, 2.75) is 65.7 Å². The molecule has 1 rings (SSSR count). The number of unbranched alkanes of at least 4 members (excludes halogenated alkanes) is 2.